The van der Waals surface area contributed by atoms with Crippen LogP contribution in [0.1, 0.15) is 30.5 Å². The second kappa shape index (κ2) is 10.9. The number of carbonyl (C=O) groups excluding carboxylic acids is 1. The minimum atomic E-state index is -0.126. The van der Waals surface area contributed by atoms with Gasteiger partial charge in [0.2, 0.25) is 0 Å². The number of nitrogens with zero attached hydrogens (tertiary/aromatic N) is 3. The molecule has 0 aliphatic carbocycles. The molecule has 1 aliphatic rings. The number of unbranched alkanes of at least 4 members (excludes halogenated alkanes) is 1. The highest BCUT2D eigenvalue weighted by molar-refractivity contribution is 14.0. The van der Waals surface area contributed by atoms with E-state index in [0.717, 1.165) is 44.0 Å². The normalized spacial score (nSPS) is 20.3. The zero-order valence-corrected chi connectivity index (χ0v) is 18.6. The first-order valence-corrected chi connectivity index (χ1v) is 9.37. The van der Waals surface area contributed by atoms with Gasteiger partial charge in [0.05, 0.1) is 18.0 Å². The van der Waals surface area contributed by atoms with Gasteiger partial charge in [0, 0.05) is 37.8 Å². The fraction of sp³-hybridized carbons (Fsp3) is 0.706. The molecule has 142 valence electrons. The molecule has 0 bridgehead atoms. The number of guanidine groups is 1. The summed E-state index contributed by atoms with van der Waals surface area (Å²) in [7, 11) is 3.24. The molecule has 0 aromatic carbocycles. The Morgan fingerprint density at radius 2 is 2.24 bits per heavy atom. The minimum absolute atomic E-state index is 0. The number of aliphatic imine (C=N–C) groups is 1. The van der Waals surface area contributed by atoms with Crippen LogP contribution in [0, 0.1) is 18.8 Å². The van der Waals surface area contributed by atoms with Gasteiger partial charge in [-0.25, -0.2) is 4.98 Å². The Balaban J connectivity index is 0.00000312. The molecule has 25 heavy (non-hydrogen) atoms. The molecule has 1 N–H and O–H groups in total. The molecule has 8 heteroatoms. The van der Waals surface area contributed by atoms with Crippen LogP contribution in [-0.4, -0.2) is 55.6 Å². The Morgan fingerprint density at radius 1 is 1.48 bits per heavy atom. The summed E-state index contributed by atoms with van der Waals surface area (Å²) in [6.07, 6.45) is 3.21. The maximum Gasteiger partial charge on any atom is 0.310 e. The molecule has 0 saturated carbocycles. The number of esters is 1. The van der Waals surface area contributed by atoms with Crippen molar-refractivity contribution in [1.82, 2.24) is 15.2 Å². The van der Waals surface area contributed by atoms with E-state index < -0.39 is 0 Å². The third-order valence-corrected chi connectivity index (χ3v) is 5.42. The first-order chi connectivity index (χ1) is 11.5. The summed E-state index contributed by atoms with van der Waals surface area (Å²) in [5.41, 5.74) is 1.11. The summed E-state index contributed by atoms with van der Waals surface area (Å²) in [6, 6.07) is 0. The highest BCUT2D eigenvalue weighted by atomic mass is 127. The summed E-state index contributed by atoms with van der Waals surface area (Å²) in [4.78, 5) is 22.8. The number of carbonyl (C=O) groups is 1. The third-order valence-electron chi connectivity index (χ3n) is 4.39. The van der Waals surface area contributed by atoms with Gasteiger partial charge >= 0.3 is 5.97 Å². The van der Waals surface area contributed by atoms with Gasteiger partial charge in [0.1, 0.15) is 0 Å². The van der Waals surface area contributed by atoms with Crippen LogP contribution in [-0.2, 0) is 16.0 Å². The molecular formula is C17H29IN4O2S. The van der Waals surface area contributed by atoms with Gasteiger partial charge in [-0.1, -0.05) is 6.92 Å². The van der Waals surface area contributed by atoms with Crippen LogP contribution in [0.2, 0.25) is 0 Å². The average Bonchev–Trinajstić information content (AvgIpc) is 3.16. The first kappa shape index (κ1) is 22.1. The molecule has 6 nitrogen and oxygen atoms in total. The highest BCUT2D eigenvalue weighted by Crippen LogP contribution is 2.24. The Morgan fingerprint density at radius 3 is 2.84 bits per heavy atom. The van der Waals surface area contributed by atoms with Crippen molar-refractivity contribution in [1.29, 1.82) is 0 Å². The predicted molar refractivity (Wildman–Crippen MR) is 113 cm³/mol. The van der Waals surface area contributed by atoms with Crippen LogP contribution in [0.25, 0.3) is 0 Å². The Labute approximate surface area is 171 Å². The van der Waals surface area contributed by atoms with Gasteiger partial charge in [0.25, 0.3) is 0 Å². The van der Waals surface area contributed by atoms with E-state index in [1.54, 1.807) is 18.4 Å². The summed E-state index contributed by atoms with van der Waals surface area (Å²) in [5.74, 6) is 0.961. The van der Waals surface area contributed by atoms with Crippen molar-refractivity contribution in [3.05, 3.63) is 16.1 Å². The zero-order valence-electron chi connectivity index (χ0n) is 15.4. The van der Waals surface area contributed by atoms with Gasteiger partial charge in [-0.3, -0.25) is 9.79 Å². The van der Waals surface area contributed by atoms with E-state index in [1.807, 2.05) is 6.92 Å². The quantitative estimate of drug-likeness (QED) is 0.223. The lowest BCUT2D eigenvalue weighted by atomic mass is 9.99. The van der Waals surface area contributed by atoms with Crippen LogP contribution >= 0.6 is 35.3 Å². The van der Waals surface area contributed by atoms with Gasteiger partial charge in [-0.05, 0) is 32.1 Å². The smallest absolute Gasteiger partial charge is 0.310 e. The molecule has 0 radical (unpaired) electrons. The van der Waals surface area contributed by atoms with Crippen LogP contribution in [0.3, 0.4) is 0 Å². The van der Waals surface area contributed by atoms with Crippen molar-refractivity contribution >= 4 is 47.2 Å². The van der Waals surface area contributed by atoms with E-state index in [9.17, 15) is 4.79 Å². The predicted octanol–water partition coefficient (Wildman–Crippen LogP) is 2.71. The van der Waals surface area contributed by atoms with Gasteiger partial charge in [0.15, 0.2) is 5.96 Å². The van der Waals surface area contributed by atoms with E-state index in [2.05, 4.69) is 32.5 Å². The van der Waals surface area contributed by atoms with Gasteiger partial charge < -0.3 is 15.0 Å². The van der Waals surface area contributed by atoms with Crippen molar-refractivity contribution < 1.29 is 9.53 Å². The number of likely N-dealkylation sites (tertiary alicyclic amines) is 1. The first-order valence-electron chi connectivity index (χ1n) is 8.49. The number of aryl methyl sites for hydroxylation is 2. The second-order valence-corrected chi connectivity index (χ2v) is 7.27. The molecule has 1 aliphatic heterocycles. The summed E-state index contributed by atoms with van der Waals surface area (Å²) in [6.45, 7) is 6.50. The molecule has 2 heterocycles. The molecule has 2 unspecified atom stereocenters. The molecule has 2 atom stereocenters. The molecule has 0 spiro atoms. The molecule has 1 aromatic rings. The van der Waals surface area contributed by atoms with Crippen molar-refractivity contribution in [2.75, 3.05) is 33.8 Å². The van der Waals surface area contributed by atoms with Crippen LogP contribution in [0.5, 0.6) is 0 Å². The molecular weight excluding hydrogens is 451 g/mol. The summed E-state index contributed by atoms with van der Waals surface area (Å²) in [5, 5.41) is 6.72. The highest BCUT2D eigenvalue weighted by Gasteiger charge is 2.36. The molecule has 1 aromatic heterocycles. The van der Waals surface area contributed by atoms with E-state index in [-0.39, 0.29) is 41.8 Å². The van der Waals surface area contributed by atoms with E-state index in [0.29, 0.717) is 6.54 Å². The lowest BCUT2D eigenvalue weighted by molar-refractivity contribution is -0.145. The van der Waals surface area contributed by atoms with Crippen molar-refractivity contribution in [2.24, 2.45) is 16.8 Å². The number of hydrogen-bond acceptors (Lipinski definition) is 5. The largest absolute Gasteiger partial charge is 0.469 e. The number of ether oxygens (including phenoxy) is 1. The number of methoxy groups -OCH3 is 1. The lowest BCUT2D eigenvalue weighted by Crippen LogP contribution is -2.41. The second-order valence-electron chi connectivity index (χ2n) is 6.33. The van der Waals surface area contributed by atoms with E-state index >= 15 is 0 Å². The van der Waals surface area contributed by atoms with Crippen LogP contribution in [0.4, 0.5) is 0 Å². The van der Waals surface area contributed by atoms with E-state index in [4.69, 9.17) is 4.74 Å². The zero-order chi connectivity index (χ0) is 17.5. The molecule has 2 rings (SSSR count). The maximum absolute atomic E-state index is 11.8. The van der Waals surface area contributed by atoms with Crippen molar-refractivity contribution in [2.45, 2.75) is 33.1 Å². The fourth-order valence-electron chi connectivity index (χ4n) is 3.05. The number of thiazole rings is 1. The molecule has 1 fully saturated rings. The standard InChI is InChI=1S/C17H28N4O2S.HI/c1-12-9-21(10-14(12)16(22)23-4)17(18-3)19-8-6-5-7-15-20-13(2)11-24-15;/h11-12,14H,5-10H2,1-4H3,(H,18,19);1H. The number of halogens is 1. The number of rotatable bonds is 6. The number of nitrogens with one attached hydrogen (secondary N) is 1. The van der Waals surface area contributed by atoms with Crippen LogP contribution < -0.4 is 5.32 Å². The molecule has 1 saturated heterocycles. The van der Waals surface area contributed by atoms with Crippen LogP contribution in [0.15, 0.2) is 10.4 Å². The monoisotopic (exact) mass is 480 g/mol. The SMILES string of the molecule is CN=C(NCCCCc1nc(C)cs1)N1CC(C)C(C(=O)OC)C1.I. The third kappa shape index (κ3) is 6.40. The Kier molecular flexibility index (Phi) is 9.70. The average molecular weight is 480 g/mol. The summed E-state index contributed by atoms with van der Waals surface area (Å²) >= 11 is 1.74. The van der Waals surface area contributed by atoms with Gasteiger partial charge in [-0.2, -0.15) is 0 Å². The minimum Gasteiger partial charge on any atom is -0.469 e. The Hall–Kier alpha value is -0.900. The maximum atomic E-state index is 11.8. The fourth-order valence-corrected chi connectivity index (χ4v) is 3.87. The topological polar surface area (TPSA) is 66.8 Å². The lowest BCUT2D eigenvalue weighted by Gasteiger charge is -2.21. The Bertz CT molecular complexity index is 579. The number of aromatic nitrogens is 1. The molecule has 0 amide bonds. The summed E-state index contributed by atoms with van der Waals surface area (Å²) < 4.78 is 4.89. The van der Waals surface area contributed by atoms with Crippen molar-refractivity contribution in [3.8, 4) is 0 Å². The van der Waals surface area contributed by atoms with Gasteiger partial charge in [-0.15, -0.1) is 35.3 Å². The van der Waals surface area contributed by atoms with Crippen molar-refractivity contribution in [3.63, 3.8) is 0 Å². The number of hydrogen-bond donors (Lipinski definition) is 1. The van der Waals surface area contributed by atoms with E-state index in [1.165, 1.54) is 12.1 Å².